The van der Waals surface area contributed by atoms with E-state index in [0.29, 0.717) is 6.10 Å². The number of unbranched alkanes of at least 4 members (excludes halogenated alkanes) is 1. The van der Waals surface area contributed by atoms with Gasteiger partial charge in [0.1, 0.15) is 0 Å². The molecule has 1 heteroatoms. The molecule has 0 N–H and O–H groups in total. The van der Waals surface area contributed by atoms with Crippen molar-refractivity contribution in [2.45, 2.75) is 52.1 Å². The number of hydrogen-bond acceptors (Lipinski definition) is 1. The lowest BCUT2D eigenvalue weighted by Crippen LogP contribution is -2.15. The summed E-state index contributed by atoms with van der Waals surface area (Å²) in [6.07, 6.45) is 6.91. The van der Waals surface area contributed by atoms with Crippen molar-refractivity contribution in [1.29, 1.82) is 0 Å². The Hall–Kier alpha value is -0.0400. The van der Waals surface area contributed by atoms with Gasteiger partial charge in [-0.1, -0.05) is 26.7 Å². The van der Waals surface area contributed by atoms with Crippen molar-refractivity contribution in [3.63, 3.8) is 0 Å². The first-order valence-electron chi connectivity index (χ1n) is 4.81. The second-order valence-electron chi connectivity index (χ2n) is 3.54. The van der Waals surface area contributed by atoms with E-state index in [2.05, 4.69) is 13.8 Å². The molecular weight excluding hydrogens is 136 g/mol. The van der Waals surface area contributed by atoms with Gasteiger partial charge >= 0.3 is 0 Å². The first kappa shape index (κ1) is 9.05. The van der Waals surface area contributed by atoms with Gasteiger partial charge in [-0.05, 0) is 25.2 Å². The van der Waals surface area contributed by atoms with Gasteiger partial charge in [-0.3, -0.25) is 0 Å². The maximum atomic E-state index is 5.49. The molecule has 1 rings (SSSR count). The summed E-state index contributed by atoms with van der Waals surface area (Å²) in [5, 5.41) is 0. The molecule has 0 aliphatic carbocycles. The second-order valence-corrected chi connectivity index (χ2v) is 3.54. The number of hydrogen-bond donors (Lipinski definition) is 0. The Balaban J connectivity index is 2.12. The Labute approximate surface area is 70.1 Å². The van der Waals surface area contributed by atoms with Crippen molar-refractivity contribution >= 4 is 0 Å². The molecule has 0 bridgehead atoms. The molecule has 1 aliphatic rings. The molecule has 1 radical (unpaired) electrons. The molecule has 1 fully saturated rings. The first-order chi connectivity index (χ1) is 5.34. The quantitative estimate of drug-likeness (QED) is 0.606. The van der Waals surface area contributed by atoms with E-state index in [1.807, 2.05) is 6.61 Å². The van der Waals surface area contributed by atoms with Crippen LogP contribution < -0.4 is 0 Å². The second kappa shape index (κ2) is 4.76. The maximum absolute atomic E-state index is 5.49. The molecule has 2 unspecified atom stereocenters. The molecule has 1 aliphatic heterocycles. The van der Waals surface area contributed by atoms with Crippen LogP contribution in [0.1, 0.15) is 46.0 Å². The Morgan fingerprint density at radius 2 is 2.45 bits per heavy atom. The zero-order chi connectivity index (χ0) is 8.10. The Morgan fingerprint density at radius 1 is 1.64 bits per heavy atom. The van der Waals surface area contributed by atoms with Gasteiger partial charge in [0.25, 0.3) is 0 Å². The molecule has 65 valence electrons. The monoisotopic (exact) mass is 155 g/mol. The van der Waals surface area contributed by atoms with Crippen LogP contribution in [0.5, 0.6) is 0 Å². The van der Waals surface area contributed by atoms with Gasteiger partial charge in [0.05, 0.1) is 12.7 Å². The molecule has 1 nitrogen and oxygen atoms in total. The van der Waals surface area contributed by atoms with Crippen LogP contribution in [0, 0.1) is 12.5 Å². The summed E-state index contributed by atoms with van der Waals surface area (Å²) in [5.41, 5.74) is 0. The highest BCUT2D eigenvalue weighted by Crippen LogP contribution is 2.25. The summed E-state index contributed by atoms with van der Waals surface area (Å²) in [4.78, 5) is 0. The minimum absolute atomic E-state index is 0.529. The fourth-order valence-electron chi connectivity index (χ4n) is 1.62. The Kier molecular flexibility index (Phi) is 3.92. The van der Waals surface area contributed by atoms with Gasteiger partial charge in [-0.15, -0.1) is 0 Å². The standard InChI is InChI=1S/C10H19O/c1-3-4-6-9(2)10-7-5-8-11-10/h8-10H,3-7H2,1-2H3. The normalized spacial score (nSPS) is 27.3. The van der Waals surface area contributed by atoms with Crippen molar-refractivity contribution in [2.75, 3.05) is 0 Å². The molecule has 0 aromatic carbocycles. The summed E-state index contributed by atoms with van der Waals surface area (Å²) >= 11 is 0. The molecule has 1 saturated heterocycles. The zero-order valence-electron chi connectivity index (χ0n) is 7.68. The predicted molar refractivity (Wildman–Crippen MR) is 47.1 cm³/mol. The van der Waals surface area contributed by atoms with E-state index in [1.54, 1.807) is 0 Å². The lowest BCUT2D eigenvalue weighted by Gasteiger charge is -2.17. The van der Waals surface area contributed by atoms with Gasteiger partial charge in [0.2, 0.25) is 0 Å². The highest BCUT2D eigenvalue weighted by molar-refractivity contribution is 4.75. The third-order valence-corrected chi connectivity index (χ3v) is 2.49. The summed E-state index contributed by atoms with van der Waals surface area (Å²) in [5.74, 6) is 0.758. The van der Waals surface area contributed by atoms with E-state index in [4.69, 9.17) is 4.74 Å². The SMILES string of the molecule is CCCCC(C)C1CC[CH]O1. The van der Waals surface area contributed by atoms with Crippen LogP contribution >= 0.6 is 0 Å². The van der Waals surface area contributed by atoms with E-state index in [9.17, 15) is 0 Å². The van der Waals surface area contributed by atoms with Crippen LogP contribution in [-0.4, -0.2) is 6.10 Å². The fourth-order valence-corrected chi connectivity index (χ4v) is 1.62. The molecule has 0 aromatic rings. The van der Waals surface area contributed by atoms with Gasteiger partial charge in [-0.2, -0.15) is 0 Å². The molecule has 0 spiro atoms. The van der Waals surface area contributed by atoms with Crippen molar-refractivity contribution < 1.29 is 4.74 Å². The highest BCUT2D eigenvalue weighted by Gasteiger charge is 2.21. The number of rotatable bonds is 4. The molecular formula is C10H19O. The predicted octanol–water partition coefficient (Wildman–Crippen LogP) is 3.15. The van der Waals surface area contributed by atoms with Crippen molar-refractivity contribution in [2.24, 2.45) is 5.92 Å². The van der Waals surface area contributed by atoms with Crippen molar-refractivity contribution in [1.82, 2.24) is 0 Å². The summed E-state index contributed by atoms with van der Waals surface area (Å²) in [6, 6.07) is 0. The lowest BCUT2D eigenvalue weighted by atomic mass is 9.96. The summed E-state index contributed by atoms with van der Waals surface area (Å²) in [6.45, 7) is 6.51. The molecule has 2 atom stereocenters. The third-order valence-electron chi connectivity index (χ3n) is 2.49. The van der Waals surface area contributed by atoms with Crippen LogP contribution in [0.15, 0.2) is 0 Å². The van der Waals surface area contributed by atoms with E-state index < -0.39 is 0 Å². The van der Waals surface area contributed by atoms with Gasteiger partial charge in [-0.25, -0.2) is 0 Å². The largest absolute Gasteiger partial charge is 0.372 e. The maximum Gasteiger partial charge on any atom is 0.0841 e. The molecule has 0 amide bonds. The van der Waals surface area contributed by atoms with Crippen molar-refractivity contribution in [3.05, 3.63) is 6.61 Å². The van der Waals surface area contributed by atoms with Crippen LogP contribution in [0.25, 0.3) is 0 Å². The molecule has 0 aromatic heterocycles. The van der Waals surface area contributed by atoms with Crippen LogP contribution in [0.2, 0.25) is 0 Å². The van der Waals surface area contributed by atoms with Crippen LogP contribution in [-0.2, 0) is 4.74 Å². The van der Waals surface area contributed by atoms with E-state index >= 15 is 0 Å². The van der Waals surface area contributed by atoms with Gasteiger partial charge < -0.3 is 4.74 Å². The molecule has 1 heterocycles. The summed E-state index contributed by atoms with van der Waals surface area (Å²) < 4.78 is 5.49. The smallest absolute Gasteiger partial charge is 0.0841 e. The van der Waals surface area contributed by atoms with E-state index in [-0.39, 0.29) is 0 Å². The topological polar surface area (TPSA) is 9.23 Å². The lowest BCUT2D eigenvalue weighted by molar-refractivity contribution is 0.0987. The molecule has 11 heavy (non-hydrogen) atoms. The average Bonchev–Trinajstić information content (AvgIpc) is 2.52. The minimum atomic E-state index is 0.529. The Morgan fingerprint density at radius 3 is 3.00 bits per heavy atom. The highest BCUT2D eigenvalue weighted by atomic mass is 16.5. The Bertz CT molecular complexity index is 95.0. The van der Waals surface area contributed by atoms with Crippen molar-refractivity contribution in [3.8, 4) is 0 Å². The van der Waals surface area contributed by atoms with E-state index in [0.717, 1.165) is 12.3 Å². The first-order valence-corrected chi connectivity index (χ1v) is 4.81. The van der Waals surface area contributed by atoms with E-state index in [1.165, 1.54) is 25.7 Å². The van der Waals surface area contributed by atoms with Crippen LogP contribution in [0.4, 0.5) is 0 Å². The van der Waals surface area contributed by atoms with Crippen LogP contribution in [0.3, 0.4) is 0 Å². The minimum Gasteiger partial charge on any atom is -0.372 e. The number of ether oxygens (including phenoxy) is 1. The zero-order valence-corrected chi connectivity index (χ0v) is 7.68. The fraction of sp³-hybridized carbons (Fsp3) is 0.900. The third kappa shape index (κ3) is 2.82. The van der Waals surface area contributed by atoms with Gasteiger partial charge in [0, 0.05) is 0 Å². The summed E-state index contributed by atoms with van der Waals surface area (Å²) in [7, 11) is 0. The average molecular weight is 155 g/mol. The van der Waals surface area contributed by atoms with Gasteiger partial charge in [0.15, 0.2) is 0 Å². The molecule has 0 saturated carbocycles.